The molecule has 204 valence electrons. The first kappa shape index (κ1) is 26.2. The molecule has 0 radical (unpaired) electrons. The van der Waals surface area contributed by atoms with E-state index in [9.17, 15) is 4.79 Å². The molecule has 0 aliphatic carbocycles. The molecule has 3 aliphatic rings. The van der Waals surface area contributed by atoms with Crippen LogP contribution in [0.2, 0.25) is 0 Å². The predicted octanol–water partition coefficient (Wildman–Crippen LogP) is 5.01. The van der Waals surface area contributed by atoms with Crippen LogP contribution in [0.15, 0.2) is 42.1 Å². The van der Waals surface area contributed by atoms with E-state index in [1.165, 1.54) is 0 Å². The minimum absolute atomic E-state index is 0.0894. The highest BCUT2D eigenvalue weighted by atomic mass is 16.5. The van der Waals surface area contributed by atoms with Gasteiger partial charge in [0.05, 0.1) is 40.5 Å². The summed E-state index contributed by atoms with van der Waals surface area (Å²) in [6, 6.07) is 10.1. The Morgan fingerprint density at radius 3 is 2.11 bits per heavy atom. The Balaban J connectivity index is 1.43. The predicted molar refractivity (Wildman–Crippen MR) is 146 cm³/mol. The zero-order chi connectivity index (χ0) is 27.0. The lowest BCUT2D eigenvalue weighted by Gasteiger charge is -2.44. The fraction of sp³-hybridized carbons (Fsp3) is 0.500. The van der Waals surface area contributed by atoms with Crippen LogP contribution in [0.4, 0.5) is 4.79 Å². The molecular weight excluding hydrogens is 482 g/mol. The van der Waals surface area contributed by atoms with E-state index < -0.39 is 0 Å². The monoisotopic (exact) mass is 521 g/mol. The number of fused-ring (bicyclic) bond motifs is 3. The maximum absolute atomic E-state index is 13.8. The standard InChI is InChI=1S/C30H39N3O5/c1-7-33-29(34)32-19-22-15-25(37-5)17-26(38-6)28(22)20(2)12-27(32)30(33)8-10-31(11-9-30)18-21-13-23(35-3)16-24(14-21)36-4/h12-17,20H,7-11,18-19H2,1-6H3/t20-/m0/s1. The molecule has 1 atom stereocenters. The fourth-order valence-corrected chi connectivity index (χ4v) is 6.56. The SMILES string of the molecule is CCN1C(=O)N2Cc3cc(OC)cc(OC)c3[C@@H](C)C=C2C12CCN(Cc1cc(OC)cc(OC)c1)CC2. The van der Waals surface area contributed by atoms with Crippen molar-refractivity contribution in [2.75, 3.05) is 48.1 Å². The highest BCUT2D eigenvalue weighted by molar-refractivity contribution is 5.83. The molecule has 3 heterocycles. The number of nitrogens with zero attached hydrogens (tertiary/aromatic N) is 3. The Bertz CT molecular complexity index is 1210. The number of likely N-dealkylation sites (tertiary alicyclic amines) is 1. The first-order chi connectivity index (χ1) is 18.4. The lowest BCUT2D eigenvalue weighted by Crippen LogP contribution is -2.53. The largest absolute Gasteiger partial charge is 0.497 e. The summed E-state index contributed by atoms with van der Waals surface area (Å²) >= 11 is 0. The van der Waals surface area contributed by atoms with Gasteiger partial charge in [-0.1, -0.05) is 13.0 Å². The molecule has 2 aromatic carbocycles. The highest BCUT2D eigenvalue weighted by Crippen LogP contribution is 2.49. The van der Waals surface area contributed by atoms with E-state index in [-0.39, 0.29) is 17.5 Å². The van der Waals surface area contributed by atoms with Crippen LogP contribution >= 0.6 is 0 Å². The van der Waals surface area contributed by atoms with Crippen molar-refractivity contribution in [2.24, 2.45) is 0 Å². The van der Waals surface area contributed by atoms with Crippen LogP contribution in [-0.2, 0) is 13.1 Å². The lowest BCUT2D eigenvalue weighted by atomic mass is 9.82. The molecule has 3 aliphatic heterocycles. The van der Waals surface area contributed by atoms with Crippen LogP contribution in [0.25, 0.3) is 0 Å². The minimum Gasteiger partial charge on any atom is -0.497 e. The maximum atomic E-state index is 13.8. The van der Waals surface area contributed by atoms with E-state index in [0.717, 1.165) is 77.9 Å². The fourth-order valence-electron chi connectivity index (χ4n) is 6.56. The van der Waals surface area contributed by atoms with Crippen molar-refractivity contribution in [1.82, 2.24) is 14.7 Å². The summed E-state index contributed by atoms with van der Waals surface area (Å²) in [5, 5.41) is 0. The molecular formula is C30H39N3O5. The van der Waals surface area contributed by atoms with Crippen molar-refractivity contribution < 1.29 is 23.7 Å². The number of hydrogen-bond donors (Lipinski definition) is 0. The molecule has 2 saturated heterocycles. The second kappa shape index (κ2) is 10.4. The third kappa shape index (κ3) is 4.34. The Morgan fingerprint density at radius 1 is 0.895 bits per heavy atom. The molecule has 0 bridgehead atoms. The number of rotatable bonds is 7. The van der Waals surface area contributed by atoms with Crippen molar-refractivity contribution in [3.63, 3.8) is 0 Å². The number of carbonyl (C=O) groups is 1. The number of ether oxygens (including phenoxy) is 4. The first-order valence-electron chi connectivity index (χ1n) is 13.4. The summed E-state index contributed by atoms with van der Waals surface area (Å²) in [5.41, 5.74) is 4.20. The second-order valence-corrected chi connectivity index (χ2v) is 10.4. The quantitative estimate of drug-likeness (QED) is 0.510. The zero-order valence-electron chi connectivity index (χ0n) is 23.4. The molecule has 38 heavy (non-hydrogen) atoms. The molecule has 2 fully saturated rings. The van der Waals surface area contributed by atoms with Crippen LogP contribution in [0, 0.1) is 0 Å². The number of allylic oxidation sites excluding steroid dienone is 1. The van der Waals surface area contributed by atoms with Gasteiger partial charge in [-0.2, -0.15) is 0 Å². The van der Waals surface area contributed by atoms with E-state index in [1.807, 2.05) is 23.1 Å². The Labute approximate surface area is 225 Å². The van der Waals surface area contributed by atoms with Gasteiger partial charge in [-0.15, -0.1) is 0 Å². The smallest absolute Gasteiger partial charge is 0.325 e. The summed E-state index contributed by atoms with van der Waals surface area (Å²) in [6.45, 7) is 8.09. The van der Waals surface area contributed by atoms with Crippen molar-refractivity contribution in [1.29, 1.82) is 0 Å². The molecule has 0 aromatic heterocycles. The molecule has 0 N–H and O–H groups in total. The van der Waals surface area contributed by atoms with Gasteiger partial charge in [0.1, 0.15) is 23.0 Å². The van der Waals surface area contributed by atoms with Crippen LogP contribution in [0.5, 0.6) is 23.0 Å². The van der Waals surface area contributed by atoms with Crippen LogP contribution in [-0.4, -0.2) is 74.3 Å². The number of urea groups is 1. The van der Waals surface area contributed by atoms with Gasteiger partial charge in [-0.05, 0) is 49.1 Å². The molecule has 5 rings (SSSR count). The minimum atomic E-state index is -0.304. The van der Waals surface area contributed by atoms with Gasteiger partial charge in [0.15, 0.2) is 0 Å². The summed E-state index contributed by atoms with van der Waals surface area (Å²) < 4.78 is 22.3. The molecule has 0 saturated carbocycles. The number of amides is 2. The van der Waals surface area contributed by atoms with E-state index in [2.05, 4.69) is 41.9 Å². The first-order valence-corrected chi connectivity index (χ1v) is 13.4. The lowest BCUT2D eigenvalue weighted by molar-refractivity contribution is 0.0887. The van der Waals surface area contributed by atoms with E-state index in [1.54, 1.807) is 28.4 Å². The van der Waals surface area contributed by atoms with Gasteiger partial charge in [0.2, 0.25) is 0 Å². The number of hydrogen-bond acceptors (Lipinski definition) is 6. The van der Waals surface area contributed by atoms with Crippen molar-refractivity contribution >= 4 is 6.03 Å². The second-order valence-electron chi connectivity index (χ2n) is 10.4. The van der Waals surface area contributed by atoms with Gasteiger partial charge < -0.3 is 23.8 Å². The topological polar surface area (TPSA) is 63.7 Å². The molecule has 2 aromatic rings. The van der Waals surface area contributed by atoms with Crippen LogP contribution < -0.4 is 18.9 Å². The van der Waals surface area contributed by atoms with Crippen molar-refractivity contribution in [2.45, 2.75) is 51.2 Å². The number of methoxy groups -OCH3 is 4. The molecule has 8 nitrogen and oxygen atoms in total. The Hall–Kier alpha value is -3.39. The zero-order valence-corrected chi connectivity index (χ0v) is 23.4. The number of benzene rings is 2. The van der Waals surface area contributed by atoms with Gasteiger partial charge in [0, 0.05) is 55.5 Å². The van der Waals surface area contributed by atoms with Gasteiger partial charge >= 0.3 is 6.03 Å². The molecule has 8 heteroatoms. The third-order valence-corrected chi connectivity index (χ3v) is 8.41. The summed E-state index contributed by atoms with van der Waals surface area (Å²) in [7, 11) is 6.71. The van der Waals surface area contributed by atoms with E-state index in [4.69, 9.17) is 18.9 Å². The van der Waals surface area contributed by atoms with Crippen LogP contribution in [0.1, 0.15) is 49.3 Å². The van der Waals surface area contributed by atoms with E-state index >= 15 is 0 Å². The van der Waals surface area contributed by atoms with Crippen molar-refractivity contribution in [3.05, 3.63) is 58.8 Å². The van der Waals surface area contributed by atoms with Crippen LogP contribution in [0.3, 0.4) is 0 Å². The normalized spacial score (nSPS) is 20.5. The Kier molecular flexibility index (Phi) is 7.18. The summed E-state index contributed by atoms with van der Waals surface area (Å²) in [6.07, 6.45) is 4.08. The van der Waals surface area contributed by atoms with Gasteiger partial charge in [-0.25, -0.2) is 4.79 Å². The third-order valence-electron chi connectivity index (χ3n) is 8.41. The maximum Gasteiger partial charge on any atom is 0.325 e. The van der Waals surface area contributed by atoms with Gasteiger partial charge in [-0.3, -0.25) is 9.80 Å². The number of piperidine rings is 1. The van der Waals surface area contributed by atoms with E-state index in [0.29, 0.717) is 13.1 Å². The molecule has 0 unspecified atom stereocenters. The summed E-state index contributed by atoms with van der Waals surface area (Å²) in [5.74, 6) is 3.25. The Morgan fingerprint density at radius 2 is 1.53 bits per heavy atom. The van der Waals surface area contributed by atoms with Crippen molar-refractivity contribution in [3.8, 4) is 23.0 Å². The molecule has 2 amide bonds. The summed E-state index contributed by atoms with van der Waals surface area (Å²) in [4.78, 5) is 20.4. The average molecular weight is 522 g/mol. The highest BCUT2D eigenvalue weighted by Gasteiger charge is 2.54. The van der Waals surface area contributed by atoms with Gasteiger partial charge in [0.25, 0.3) is 0 Å². The average Bonchev–Trinajstić information content (AvgIpc) is 3.03. The number of likely N-dealkylation sites (N-methyl/N-ethyl adjacent to an activating group) is 1. The molecule has 1 spiro atoms. The number of carbonyl (C=O) groups excluding carboxylic acids is 1.